The molecule has 1 amide bonds. The van der Waals surface area contributed by atoms with Gasteiger partial charge in [-0.15, -0.1) is 11.3 Å². The van der Waals surface area contributed by atoms with Gasteiger partial charge in [-0.05, 0) is 41.8 Å². The highest BCUT2D eigenvalue weighted by Gasteiger charge is 2.29. The number of rotatable bonds is 5. The number of amides is 1. The van der Waals surface area contributed by atoms with Gasteiger partial charge in [-0.25, -0.2) is 9.48 Å². The summed E-state index contributed by atoms with van der Waals surface area (Å²) in [6, 6.07) is 10.3. The van der Waals surface area contributed by atoms with Gasteiger partial charge in [0, 0.05) is 10.6 Å². The Kier molecular flexibility index (Phi) is 4.58. The summed E-state index contributed by atoms with van der Waals surface area (Å²) in [5, 5.41) is 21.3. The summed E-state index contributed by atoms with van der Waals surface area (Å²) in [5.41, 5.74) is 0.847. The summed E-state index contributed by atoms with van der Waals surface area (Å²) in [7, 11) is 1.57. The predicted octanol–water partition coefficient (Wildman–Crippen LogP) is 3.19. The topological polar surface area (TPSA) is 105 Å². The van der Waals surface area contributed by atoms with Crippen molar-refractivity contribution in [3.05, 3.63) is 70.2 Å². The number of fused-ring (bicyclic) bond motifs is 1. The summed E-state index contributed by atoms with van der Waals surface area (Å²) < 4.78 is 6.72. The Labute approximate surface area is 164 Å². The molecule has 142 valence electrons. The maximum absolute atomic E-state index is 12.8. The standard InChI is InChI=1S/C19H16N4O4S/c1-27-12-6-4-11(5-7-12)21-18(24)13-10-20-23-15(16-3-2-8-28-16)9-14(19(25)26)22-17(13)23/h2-10,15,22H,1H3,(H,21,24)(H,25,26)/t15-/m1/s1. The number of benzene rings is 1. The van der Waals surface area contributed by atoms with Gasteiger partial charge >= 0.3 is 5.97 Å². The number of carbonyl (C=O) groups excluding carboxylic acids is 1. The highest BCUT2D eigenvalue weighted by molar-refractivity contribution is 7.10. The van der Waals surface area contributed by atoms with Crippen LogP contribution in [0.15, 0.2) is 59.7 Å². The number of allylic oxidation sites excluding steroid dienone is 1. The van der Waals surface area contributed by atoms with Crippen molar-refractivity contribution in [1.29, 1.82) is 0 Å². The largest absolute Gasteiger partial charge is 0.497 e. The third kappa shape index (κ3) is 3.23. The van der Waals surface area contributed by atoms with Gasteiger partial charge in [0.2, 0.25) is 0 Å². The van der Waals surface area contributed by atoms with Crippen LogP contribution in [0.4, 0.5) is 11.5 Å². The number of carboxylic acids is 1. The van der Waals surface area contributed by atoms with Crippen LogP contribution in [0, 0.1) is 0 Å². The predicted molar refractivity (Wildman–Crippen MR) is 105 cm³/mol. The number of aliphatic carboxylic acids is 1. The molecule has 1 aliphatic heterocycles. The van der Waals surface area contributed by atoms with E-state index in [9.17, 15) is 14.7 Å². The molecule has 1 aliphatic rings. The van der Waals surface area contributed by atoms with Gasteiger partial charge in [-0.1, -0.05) is 6.07 Å². The van der Waals surface area contributed by atoms with Crippen LogP contribution in [-0.4, -0.2) is 33.9 Å². The lowest BCUT2D eigenvalue weighted by molar-refractivity contribution is -0.132. The summed E-state index contributed by atoms with van der Waals surface area (Å²) in [4.78, 5) is 25.3. The highest BCUT2D eigenvalue weighted by atomic mass is 32.1. The summed E-state index contributed by atoms with van der Waals surface area (Å²) in [6.07, 6.45) is 3.01. The van der Waals surface area contributed by atoms with E-state index >= 15 is 0 Å². The Bertz CT molecular complexity index is 1050. The number of nitrogens with zero attached hydrogens (tertiary/aromatic N) is 2. The number of aromatic nitrogens is 2. The van der Waals surface area contributed by atoms with Crippen LogP contribution in [0.5, 0.6) is 5.75 Å². The first-order valence-electron chi connectivity index (χ1n) is 8.35. The van der Waals surface area contributed by atoms with E-state index in [0.29, 0.717) is 17.3 Å². The Hall–Kier alpha value is -3.59. The monoisotopic (exact) mass is 396 g/mol. The summed E-state index contributed by atoms with van der Waals surface area (Å²) in [5.74, 6) is -0.479. The molecule has 2 aromatic heterocycles. The number of ether oxygens (including phenoxy) is 1. The smallest absolute Gasteiger partial charge is 0.352 e. The highest BCUT2D eigenvalue weighted by Crippen LogP contribution is 2.34. The van der Waals surface area contributed by atoms with E-state index in [-0.39, 0.29) is 11.3 Å². The Morgan fingerprint density at radius 1 is 1.29 bits per heavy atom. The average molecular weight is 396 g/mol. The van der Waals surface area contributed by atoms with Crippen molar-refractivity contribution in [2.45, 2.75) is 6.04 Å². The fourth-order valence-corrected chi connectivity index (χ4v) is 3.70. The molecule has 0 saturated carbocycles. The molecule has 3 aromatic rings. The van der Waals surface area contributed by atoms with E-state index in [1.807, 2.05) is 17.5 Å². The van der Waals surface area contributed by atoms with Crippen molar-refractivity contribution in [3.8, 4) is 5.75 Å². The second kappa shape index (κ2) is 7.20. The molecule has 0 spiro atoms. The molecular weight excluding hydrogens is 380 g/mol. The van der Waals surface area contributed by atoms with Crippen molar-refractivity contribution < 1.29 is 19.4 Å². The van der Waals surface area contributed by atoms with Crippen LogP contribution in [0.3, 0.4) is 0 Å². The molecule has 3 heterocycles. The van der Waals surface area contributed by atoms with Crippen LogP contribution < -0.4 is 15.4 Å². The van der Waals surface area contributed by atoms with E-state index in [1.165, 1.54) is 17.5 Å². The lowest BCUT2D eigenvalue weighted by atomic mass is 10.1. The van der Waals surface area contributed by atoms with Gasteiger partial charge in [0.05, 0.1) is 13.3 Å². The number of nitrogens with one attached hydrogen (secondary N) is 2. The van der Waals surface area contributed by atoms with Crippen molar-refractivity contribution in [3.63, 3.8) is 0 Å². The second-order valence-electron chi connectivity index (χ2n) is 6.00. The van der Waals surface area contributed by atoms with Gasteiger partial charge < -0.3 is 20.5 Å². The fraction of sp³-hybridized carbons (Fsp3) is 0.105. The van der Waals surface area contributed by atoms with Gasteiger partial charge in [0.25, 0.3) is 5.91 Å². The first kappa shape index (κ1) is 17.8. The van der Waals surface area contributed by atoms with Crippen LogP contribution in [0.25, 0.3) is 0 Å². The molecule has 1 aromatic carbocycles. The quantitative estimate of drug-likeness (QED) is 0.612. The number of carbonyl (C=O) groups is 2. The van der Waals surface area contributed by atoms with Crippen molar-refractivity contribution >= 4 is 34.7 Å². The third-order valence-electron chi connectivity index (χ3n) is 4.29. The number of methoxy groups -OCH3 is 1. The zero-order chi connectivity index (χ0) is 19.7. The minimum absolute atomic E-state index is 0.00453. The lowest BCUT2D eigenvalue weighted by Gasteiger charge is -2.23. The van der Waals surface area contributed by atoms with Crippen LogP contribution in [0.1, 0.15) is 21.3 Å². The van der Waals surface area contributed by atoms with Gasteiger partial charge in [0.15, 0.2) is 0 Å². The SMILES string of the molecule is COc1ccc(NC(=O)c2cnn3c2NC(C(=O)O)=C[C@@H]3c2cccs2)cc1. The number of carboxylic acid groups (broad SMARTS) is 1. The first-order valence-corrected chi connectivity index (χ1v) is 9.23. The second-order valence-corrected chi connectivity index (χ2v) is 6.98. The molecule has 9 heteroatoms. The van der Waals surface area contributed by atoms with Crippen molar-refractivity contribution in [1.82, 2.24) is 9.78 Å². The third-order valence-corrected chi connectivity index (χ3v) is 5.24. The minimum Gasteiger partial charge on any atom is -0.497 e. The van der Waals surface area contributed by atoms with Gasteiger partial charge in [-0.2, -0.15) is 5.10 Å². The fourth-order valence-electron chi connectivity index (χ4n) is 2.92. The Morgan fingerprint density at radius 3 is 2.71 bits per heavy atom. The van der Waals surface area contributed by atoms with E-state index < -0.39 is 17.9 Å². The van der Waals surface area contributed by atoms with Crippen LogP contribution in [0.2, 0.25) is 0 Å². The molecule has 0 radical (unpaired) electrons. The normalized spacial score (nSPS) is 15.2. The molecule has 28 heavy (non-hydrogen) atoms. The molecule has 0 fully saturated rings. The maximum Gasteiger partial charge on any atom is 0.352 e. The van der Waals surface area contributed by atoms with Crippen molar-refractivity contribution in [2.24, 2.45) is 0 Å². The Morgan fingerprint density at radius 2 is 2.07 bits per heavy atom. The van der Waals surface area contributed by atoms with E-state index in [1.54, 1.807) is 42.1 Å². The van der Waals surface area contributed by atoms with E-state index in [4.69, 9.17) is 4.74 Å². The van der Waals surface area contributed by atoms with Gasteiger partial charge in [0.1, 0.15) is 28.9 Å². The molecule has 4 rings (SSSR count). The lowest BCUT2D eigenvalue weighted by Crippen LogP contribution is -2.25. The number of hydrogen-bond acceptors (Lipinski definition) is 6. The van der Waals surface area contributed by atoms with E-state index in [0.717, 1.165) is 4.88 Å². The molecule has 8 nitrogen and oxygen atoms in total. The minimum atomic E-state index is -1.10. The number of anilines is 2. The van der Waals surface area contributed by atoms with Crippen LogP contribution in [-0.2, 0) is 4.79 Å². The van der Waals surface area contributed by atoms with E-state index in [2.05, 4.69) is 15.7 Å². The summed E-state index contributed by atoms with van der Waals surface area (Å²) in [6.45, 7) is 0. The molecular formula is C19H16N4O4S. The molecule has 0 aliphatic carbocycles. The molecule has 0 unspecified atom stereocenters. The molecule has 3 N–H and O–H groups in total. The van der Waals surface area contributed by atoms with Crippen LogP contribution >= 0.6 is 11.3 Å². The first-order chi connectivity index (χ1) is 13.6. The number of thiophene rings is 1. The number of hydrogen-bond donors (Lipinski definition) is 3. The molecule has 0 saturated heterocycles. The zero-order valence-corrected chi connectivity index (χ0v) is 15.6. The zero-order valence-electron chi connectivity index (χ0n) is 14.7. The van der Waals surface area contributed by atoms with Crippen molar-refractivity contribution in [2.75, 3.05) is 17.7 Å². The molecule has 1 atom stereocenters. The average Bonchev–Trinajstić information content (AvgIpc) is 3.37. The summed E-state index contributed by atoms with van der Waals surface area (Å²) >= 11 is 1.49. The molecule has 0 bridgehead atoms. The Balaban J connectivity index is 1.66. The maximum atomic E-state index is 12.8. The van der Waals surface area contributed by atoms with Gasteiger partial charge in [-0.3, -0.25) is 4.79 Å².